The summed E-state index contributed by atoms with van der Waals surface area (Å²) in [6.07, 6.45) is 1.71. The molecular formula is C8H13F2N. The molecule has 2 fully saturated rings. The molecule has 64 valence electrons. The molecule has 2 rings (SSSR count). The summed E-state index contributed by atoms with van der Waals surface area (Å²) in [6.45, 7) is 0.791. The van der Waals surface area contributed by atoms with Crippen molar-refractivity contribution in [3.63, 3.8) is 0 Å². The maximum absolute atomic E-state index is 12.5. The van der Waals surface area contributed by atoms with Crippen LogP contribution in [-0.4, -0.2) is 26.4 Å². The summed E-state index contributed by atoms with van der Waals surface area (Å²) < 4.78 is 24.9. The predicted octanol–water partition coefficient (Wildman–Crippen LogP) is 1.30. The summed E-state index contributed by atoms with van der Waals surface area (Å²) in [5.41, 5.74) is -0.590. The number of alkyl halides is 2. The zero-order chi connectivity index (χ0) is 7.95. The summed E-state index contributed by atoms with van der Waals surface area (Å²) >= 11 is 0. The zero-order valence-corrected chi connectivity index (χ0v) is 6.50. The Morgan fingerprint density at radius 2 is 2.00 bits per heavy atom. The molecule has 0 bridgehead atoms. The molecule has 0 radical (unpaired) electrons. The van der Waals surface area contributed by atoms with Crippen LogP contribution >= 0.6 is 0 Å². The molecule has 1 saturated carbocycles. The average molecular weight is 161 g/mol. The van der Waals surface area contributed by atoms with Crippen LogP contribution in [0.2, 0.25) is 0 Å². The second-order valence-electron chi connectivity index (χ2n) is 3.93. The van der Waals surface area contributed by atoms with E-state index in [-0.39, 0.29) is 5.41 Å². The van der Waals surface area contributed by atoms with Gasteiger partial charge in [-0.25, -0.2) is 0 Å². The summed E-state index contributed by atoms with van der Waals surface area (Å²) in [5.74, 6) is 0. The lowest BCUT2D eigenvalue weighted by Gasteiger charge is -2.13. The highest BCUT2D eigenvalue weighted by molar-refractivity contribution is 5.17. The van der Waals surface area contributed by atoms with Gasteiger partial charge in [0.2, 0.25) is 0 Å². The van der Waals surface area contributed by atoms with Crippen molar-refractivity contribution in [3.05, 3.63) is 0 Å². The SMILES string of the molecule is FCC1(CF)CC12CCNC2. The van der Waals surface area contributed by atoms with E-state index in [0.717, 1.165) is 25.9 Å². The van der Waals surface area contributed by atoms with Crippen molar-refractivity contribution >= 4 is 0 Å². The molecule has 1 atom stereocenters. The van der Waals surface area contributed by atoms with E-state index in [0.29, 0.717) is 0 Å². The molecule has 3 heteroatoms. The van der Waals surface area contributed by atoms with Crippen molar-refractivity contribution < 1.29 is 8.78 Å². The first kappa shape index (κ1) is 7.47. The van der Waals surface area contributed by atoms with Gasteiger partial charge in [0.15, 0.2) is 0 Å². The molecule has 1 saturated heterocycles. The van der Waals surface area contributed by atoms with Crippen LogP contribution in [0, 0.1) is 10.8 Å². The fourth-order valence-corrected chi connectivity index (χ4v) is 2.36. The molecule has 0 aromatic rings. The zero-order valence-electron chi connectivity index (χ0n) is 6.50. The van der Waals surface area contributed by atoms with Gasteiger partial charge < -0.3 is 5.32 Å². The summed E-state index contributed by atoms with van der Waals surface area (Å²) in [7, 11) is 0. The largest absolute Gasteiger partial charge is 0.316 e. The molecule has 2 aliphatic rings. The van der Waals surface area contributed by atoms with Crippen molar-refractivity contribution in [2.45, 2.75) is 12.8 Å². The van der Waals surface area contributed by atoms with Gasteiger partial charge in [0.1, 0.15) is 0 Å². The Morgan fingerprint density at radius 3 is 2.36 bits per heavy atom. The minimum atomic E-state index is -0.587. The Hall–Kier alpha value is -0.180. The average Bonchev–Trinajstić information content (AvgIpc) is 2.37. The van der Waals surface area contributed by atoms with Crippen LogP contribution in [0.1, 0.15) is 12.8 Å². The minimum absolute atomic E-state index is 0.00347. The van der Waals surface area contributed by atoms with Crippen LogP contribution < -0.4 is 5.32 Å². The predicted molar refractivity (Wildman–Crippen MR) is 38.9 cm³/mol. The van der Waals surface area contributed by atoms with Gasteiger partial charge in [-0.05, 0) is 24.8 Å². The first-order chi connectivity index (χ1) is 5.29. The van der Waals surface area contributed by atoms with Crippen LogP contribution in [0.15, 0.2) is 0 Å². The molecule has 1 unspecified atom stereocenters. The monoisotopic (exact) mass is 161 g/mol. The topological polar surface area (TPSA) is 12.0 Å². The molecule has 11 heavy (non-hydrogen) atoms. The molecule has 0 aromatic carbocycles. The van der Waals surface area contributed by atoms with Crippen LogP contribution in [0.5, 0.6) is 0 Å². The Morgan fingerprint density at radius 1 is 1.27 bits per heavy atom. The number of halogens is 2. The van der Waals surface area contributed by atoms with Gasteiger partial charge in [0.05, 0.1) is 13.3 Å². The van der Waals surface area contributed by atoms with Gasteiger partial charge in [0, 0.05) is 12.0 Å². The first-order valence-electron chi connectivity index (χ1n) is 4.11. The van der Waals surface area contributed by atoms with Gasteiger partial charge in [-0.2, -0.15) is 0 Å². The molecule has 1 N–H and O–H groups in total. The second kappa shape index (κ2) is 2.16. The van der Waals surface area contributed by atoms with E-state index >= 15 is 0 Å². The van der Waals surface area contributed by atoms with Crippen molar-refractivity contribution in [2.75, 3.05) is 26.4 Å². The molecular weight excluding hydrogens is 148 g/mol. The third-order valence-corrected chi connectivity index (χ3v) is 3.43. The third-order valence-electron chi connectivity index (χ3n) is 3.43. The van der Waals surface area contributed by atoms with E-state index < -0.39 is 18.8 Å². The fourth-order valence-electron chi connectivity index (χ4n) is 2.36. The molecule has 1 spiro atoms. The maximum atomic E-state index is 12.5. The highest BCUT2D eigenvalue weighted by Crippen LogP contribution is 2.67. The lowest BCUT2D eigenvalue weighted by molar-refractivity contribution is 0.213. The van der Waals surface area contributed by atoms with Crippen molar-refractivity contribution in [2.24, 2.45) is 10.8 Å². The van der Waals surface area contributed by atoms with Crippen LogP contribution in [0.25, 0.3) is 0 Å². The first-order valence-corrected chi connectivity index (χ1v) is 4.11. The van der Waals surface area contributed by atoms with Gasteiger partial charge >= 0.3 is 0 Å². The minimum Gasteiger partial charge on any atom is -0.316 e. The normalized spacial score (nSPS) is 39.8. The van der Waals surface area contributed by atoms with E-state index in [9.17, 15) is 8.78 Å². The Labute approximate surface area is 65.2 Å². The molecule has 0 aromatic heterocycles. The molecule has 1 aliphatic carbocycles. The Kier molecular flexibility index (Phi) is 1.46. The van der Waals surface area contributed by atoms with Crippen molar-refractivity contribution in [3.8, 4) is 0 Å². The third kappa shape index (κ3) is 0.776. The molecule has 1 aliphatic heterocycles. The highest BCUT2D eigenvalue weighted by atomic mass is 19.1. The van der Waals surface area contributed by atoms with E-state index in [2.05, 4.69) is 5.32 Å². The van der Waals surface area contributed by atoms with E-state index in [1.54, 1.807) is 0 Å². The lowest BCUT2D eigenvalue weighted by atomic mass is 9.94. The van der Waals surface area contributed by atoms with Crippen molar-refractivity contribution in [1.29, 1.82) is 0 Å². The van der Waals surface area contributed by atoms with Crippen LogP contribution in [-0.2, 0) is 0 Å². The summed E-state index contributed by atoms with van der Waals surface area (Å²) in [5, 5.41) is 3.17. The lowest BCUT2D eigenvalue weighted by Crippen LogP contribution is -2.21. The Balaban J connectivity index is 2.09. The number of hydrogen-bond acceptors (Lipinski definition) is 1. The molecule has 1 heterocycles. The number of hydrogen-bond donors (Lipinski definition) is 1. The second-order valence-corrected chi connectivity index (χ2v) is 3.93. The quantitative estimate of drug-likeness (QED) is 0.643. The van der Waals surface area contributed by atoms with Gasteiger partial charge in [0.25, 0.3) is 0 Å². The van der Waals surface area contributed by atoms with Crippen molar-refractivity contribution in [1.82, 2.24) is 5.32 Å². The number of nitrogens with one attached hydrogen (secondary N) is 1. The van der Waals surface area contributed by atoms with E-state index in [1.165, 1.54) is 0 Å². The molecule has 1 nitrogen and oxygen atoms in total. The maximum Gasteiger partial charge on any atom is 0.0981 e. The van der Waals surface area contributed by atoms with E-state index in [1.807, 2.05) is 0 Å². The van der Waals surface area contributed by atoms with Crippen LogP contribution in [0.3, 0.4) is 0 Å². The smallest absolute Gasteiger partial charge is 0.0981 e. The molecule has 0 amide bonds. The van der Waals surface area contributed by atoms with Crippen LogP contribution in [0.4, 0.5) is 8.78 Å². The fraction of sp³-hybridized carbons (Fsp3) is 1.00. The highest BCUT2D eigenvalue weighted by Gasteiger charge is 2.68. The standard InChI is InChI=1S/C8H13F2N/c9-4-8(5-10)3-7(8)1-2-11-6-7/h11H,1-6H2. The van der Waals surface area contributed by atoms with Gasteiger partial charge in [-0.15, -0.1) is 0 Å². The van der Waals surface area contributed by atoms with Gasteiger partial charge in [-0.1, -0.05) is 0 Å². The van der Waals surface area contributed by atoms with E-state index in [4.69, 9.17) is 0 Å². The summed E-state index contributed by atoms with van der Waals surface area (Å²) in [4.78, 5) is 0. The number of rotatable bonds is 2. The Bertz CT molecular complexity index is 157. The summed E-state index contributed by atoms with van der Waals surface area (Å²) in [6, 6.07) is 0. The van der Waals surface area contributed by atoms with Gasteiger partial charge in [-0.3, -0.25) is 8.78 Å².